The monoisotopic (exact) mass is 1300 g/mol. The van der Waals surface area contributed by atoms with Crippen molar-refractivity contribution in [2.75, 3.05) is 0 Å². The second-order valence-corrected chi connectivity index (χ2v) is 24.4. The van der Waals surface area contributed by atoms with Crippen LogP contribution in [0, 0.1) is 18.6 Å². The molecule has 3 saturated heterocycles. The van der Waals surface area contributed by atoms with Crippen LogP contribution >= 0.6 is 15.9 Å². The van der Waals surface area contributed by atoms with Gasteiger partial charge >= 0.3 is 33.7 Å². The quantitative estimate of drug-likeness (QED) is 0.0733. The predicted octanol–water partition coefficient (Wildman–Crippen LogP) is 10.3. The largest absolute Gasteiger partial charge is 0.453 e. The summed E-state index contributed by atoms with van der Waals surface area (Å²) in [6, 6.07) is 6.61. The maximum absolute atomic E-state index is 14.6. The summed E-state index contributed by atoms with van der Waals surface area (Å²) in [6.45, 7) is 10.1. The van der Waals surface area contributed by atoms with Crippen LogP contribution in [-0.4, -0.2) is 125 Å². The van der Waals surface area contributed by atoms with Crippen LogP contribution in [0.25, 0.3) is 22.5 Å². The van der Waals surface area contributed by atoms with Gasteiger partial charge in [0.25, 0.3) is 0 Å². The lowest BCUT2D eigenvalue weighted by atomic mass is 9.74. The van der Waals surface area contributed by atoms with E-state index < -0.39 is 104 Å². The number of rotatable bonds is 14. The molecule has 33 heteroatoms. The van der Waals surface area contributed by atoms with Gasteiger partial charge in [0.15, 0.2) is 11.6 Å². The number of carbonyl (C=O) groups excluding carboxylic acids is 2. The summed E-state index contributed by atoms with van der Waals surface area (Å²) in [5, 5.41) is 0. The maximum Gasteiger partial charge on any atom is 0.451 e. The fourth-order valence-corrected chi connectivity index (χ4v) is 13.6. The molecule has 0 radical (unpaired) electrons. The van der Waals surface area contributed by atoms with E-state index in [1.165, 1.54) is 26.2 Å². The Morgan fingerprint density at radius 1 is 0.576 bits per heavy atom. The van der Waals surface area contributed by atoms with Gasteiger partial charge in [0.05, 0.1) is 45.3 Å². The summed E-state index contributed by atoms with van der Waals surface area (Å²) in [5.74, 6) is -4.84. The molecule has 6 aromatic rings. The number of carbonyl (C=O) groups is 2. The lowest BCUT2D eigenvalue weighted by Gasteiger charge is -2.26. The number of nitrogens with zero attached hydrogens (tertiary/aromatic N) is 8. The van der Waals surface area contributed by atoms with Gasteiger partial charge in [-0.1, -0.05) is 0 Å². The Hall–Kier alpha value is -6.09. The van der Waals surface area contributed by atoms with E-state index in [0.717, 1.165) is 81.9 Å². The minimum atomic E-state index is -4.69. The van der Waals surface area contributed by atoms with Gasteiger partial charge in [-0.3, -0.25) is 19.6 Å². The maximum atomic E-state index is 14.6. The third kappa shape index (κ3) is 16.3. The molecule has 3 aliphatic rings. The minimum absolute atomic E-state index is 0.114. The van der Waals surface area contributed by atoms with Gasteiger partial charge < -0.3 is 13.7 Å². The molecular weight excluding hydrogens is 1250 g/mol. The number of alkyl halides is 8. The fourth-order valence-electron chi connectivity index (χ4n) is 9.48. The summed E-state index contributed by atoms with van der Waals surface area (Å²) < 4.78 is 203. The molecule has 85 heavy (non-hydrogen) atoms. The van der Waals surface area contributed by atoms with Gasteiger partial charge in [0, 0.05) is 78.5 Å². The Morgan fingerprint density at radius 3 is 1.28 bits per heavy atom. The van der Waals surface area contributed by atoms with E-state index in [1.807, 2.05) is 20.5 Å². The molecule has 6 atom stereocenters. The summed E-state index contributed by atoms with van der Waals surface area (Å²) in [5.41, 5.74) is 2.95. The molecular formula is C52H52B3BrF10N8O9S2. The number of aryl methyl sites for hydroxylation is 3. The summed E-state index contributed by atoms with van der Waals surface area (Å²) in [7, 11) is -8.97. The summed E-state index contributed by atoms with van der Waals surface area (Å²) in [4.78, 5) is 47.5. The molecule has 3 aliphatic heterocycles. The van der Waals surface area contributed by atoms with Crippen molar-refractivity contribution in [1.82, 2.24) is 38.5 Å². The Labute approximate surface area is 492 Å². The van der Waals surface area contributed by atoms with Crippen LogP contribution in [0.15, 0.2) is 112 Å². The molecule has 0 N–H and O–H groups in total. The summed E-state index contributed by atoms with van der Waals surface area (Å²) >= 11 is 3.32. The van der Waals surface area contributed by atoms with Gasteiger partial charge in [-0.05, 0) is 147 Å². The van der Waals surface area contributed by atoms with E-state index in [9.17, 15) is 70.3 Å². The van der Waals surface area contributed by atoms with Gasteiger partial charge in [-0.25, -0.2) is 54.3 Å². The van der Waals surface area contributed by atoms with E-state index in [0.29, 0.717) is 26.9 Å². The van der Waals surface area contributed by atoms with Crippen molar-refractivity contribution >= 4 is 68.9 Å². The van der Waals surface area contributed by atoms with Crippen LogP contribution in [0.5, 0.6) is 0 Å². The molecule has 2 aromatic carbocycles. The first-order valence-corrected chi connectivity index (χ1v) is 29.7. The normalized spacial score (nSPS) is 20.6. The molecule has 0 bridgehead atoms. The first-order chi connectivity index (χ1) is 39.8. The highest BCUT2D eigenvalue weighted by Gasteiger charge is 2.50. The molecule has 3 fully saturated rings. The Bertz CT molecular complexity index is 3320. The first kappa shape index (κ1) is 66.4. The number of hydrogen-bond donors (Lipinski definition) is 0. The third-order valence-electron chi connectivity index (χ3n) is 13.9. The van der Waals surface area contributed by atoms with Crippen LogP contribution < -0.4 is 0 Å². The van der Waals surface area contributed by atoms with Crippen molar-refractivity contribution in [3.8, 4) is 22.5 Å². The highest BCUT2D eigenvalue weighted by Crippen LogP contribution is 2.37. The highest BCUT2D eigenvalue weighted by molar-refractivity contribution is 9.10. The Balaban J connectivity index is 0.000000212. The number of hydrogen-bond acceptors (Lipinski definition) is 15. The smallest absolute Gasteiger partial charge is 0.451 e. The van der Waals surface area contributed by atoms with Crippen molar-refractivity contribution in [3.05, 3.63) is 142 Å². The molecule has 7 heterocycles. The molecule has 0 spiro atoms. The van der Waals surface area contributed by atoms with Gasteiger partial charge in [0.1, 0.15) is 24.0 Å². The summed E-state index contributed by atoms with van der Waals surface area (Å²) in [6.07, 6.45) is -6.23. The van der Waals surface area contributed by atoms with Crippen LogP contribution in [0.4, 0.5) is 43.9 Å². The van der Waals surface area contributed by atoms with Crippen LogP contribution in [0.1, 0.15) is 67.9 Å². The standard InChI is InChI=1S/C25H23F5N4O3S.C24H20BrF5N4O3S.C3H9B3O3/c1-14-11-31-21(17-12-32-24(33-13-17)25(28,29)30)9-16(14)3-8-23(35)22-10-20(27)15(2)34(22)38(36,37)19-6-4-18(26)5-7-19;1-13-19(27)9-21(34(13)38(36,37)17-5-3-16(26)4-6-17)22(35)7-2-14-8-20(31-12-18(14)25)15-10-32-23(33-11-15)24(28,29)30;1-4-7-5(2)9-6(3)8-4/h4-7,9,11-13,15,20,22H,3,8,10H2,1-2H3;3-6,8,10-13,19,21H,2,7,9H2,1H3;1-3H3/t15-,20+,22-;13-,19+,21-;/m00./s1. The number of aromatic nitrogens is 6. The van der Waals surface area contributed by atoms with Crippen LogP contribution in [0.2, 0.25) is 20.5 Å². The zero-order chi connectivity index (χ0) is 62.5. The Kier molecular flexibility index (Phi) is 21.3. The zero-order valence-corrected chi connectivity index (χ0v) is 49.1. The molecule has 17 nitrogen and oxygen atoms in total. The lowest BCUT2D eigenvalue weighted by Crippen LogP contribution is -2.44. The number of pyridine rings is 2. The first-order valence-electron chi connectivity index (χ1n) is 26.0. The molecule has 0 amide bonds. The lowest BCUT2D eigenvalue weighted by molar-refractivity contribution is -0.145. The van der Waals surface area contributed by atoms with E-state index >= 15 is 0 Å². The molecule has 0 unspecified atom stereocenters. The minimum Gasteiger partial charge on any atom is -0.453 e. The van der Waals surface area contributed by atoms with E-state index in [-0.39, 0.29) is 86.5 Å². The van der Waals surface area contributed by atoms with Gasteiger partial charge in [-0.2, -0.15) is 35.0 Å². The average molecular weight is 1300 g/mol. The fraction of sp³-hybridized carbons (Fsp3) is 0.385. The van der Waals surface area contributed by atoms with Gasteiger partial charge in [0.2, 0.25) is 31.7 Å². The third-order valence-corrected chi connectivity index (χ3v) is 18.6. The van der Waals surface area contributed by atoms with Crippen LogP contribution in [-0.2, 0) is 68.5 Å². The number of Topliss-reactive ketones (excluding diaryl/α,β-unsaturated/α-hetero) is 2. The van der Waals surface area contributed by atoms with Crippen molar-refractivity contribution in [2.24, 2.45) is 0 Å². The van der Waals surface area contributed by atoms with Crippen molar-refractivity contribution in [1.29, 1.82) is 0 Å². The number of ketones is 2. The van der Waals surface area contributed by atoms with Gasteiger partial charge in [-0.15, -0.1) is 0 Å². The molecule has 9 rings (SSSR count). The highest BCUT2D eigenvalue weighted by atomic mass is 79.9. The predicted molar refractivity (Wildman–Crippen MR) is 294 cm³/mol. The van der Waals surface area contributed by atoms with Crippen molar-refractivity contribution < 1.29 is 84.0 Å². The van der Waals surface area contributed by atoms with E-state index in [4.69, 9.17) is 13.7 Å². The molecule has 0 aliphatic carbocycles. The number of halogens is 11. The molecule has 452 valence electrons. The molecule has 4 aromatic heterocycles. The topological polar surface area (TPSA) is 214 Å². The number of sulfonamides is 2. The van der Waals surface area contributed by atoms with Crippen LogP contribution in [0.3, 0.4) is 0 Å². The second kappa shape index (κ2) is 27.3. The second-order valence-electron chi connectivity index (χ2n) is 19.9. The Morgan fingerprint density at radius 2 is 0.918 bits per heavy atom. The zero-order valence-electron chi connectivity index (χ0n) is 45.9. The van der Waals surface area contributed by atoms with Crippen molar-refractivity contribution in [3.63, 3.8) is 0 Å². The van der Waals surface area contributed by atoms with Crippen molar-refractivity contribution in [2.45, 2.75) is 138 Å². The van der Waals surface area contributed by atoms with E-state index in [2.05, 4.69) is 45.8 Å². The SMILES string of the molecule is CB1OB(C)OB(C)O1.C[C@H]1[C@H](F)C[C@@H](C(=O)CCc2cc(-c3cnc(C(F)(F)F)nc3)ncc2Br)N1S(=O)(=O)c1ccc(F)cc1.Cc1cnc(-c2cnc(C(F)(F)F)nc2)cc1CCC(=O)[C@@H]1C[C@@H](F)[C@H](C)N1S(=O)(=O)c1ccc(F)cc1. The number of benzene rings is 2. The van der Waals surface area contributed by atoms with E-state index in [1.54, 1.807) is 19.1 Å². The molecule has 0 saturated carbocycles. The average Bonchev–Trinajstić information content (AvgIpc) is 2.35.